The molecule has 1 heterocycles. The summed E-state index contributed by atoms with van der Waals surface area (Å²) in [6.45, 7) is 3.97. The lowest BCUT2D eigenvalue weighted by Gasteiger charge is -2.12. The van der Waals surface area contributed by atoms with Gasteiger partial charge in [-0.2, -0.15) is 4.98 Å². The van der Waals surface area contributed by atoms with Crippen molar-refractivity contribution in [3.63, 3.8) is 0 Å². The van der Waals surface area contributed by atoms with Gasteiger partial charge in [-0.25, -0.2) is 4.99 Å². The van der Waals surface area contributed by atoms with Crippen molar-refractivity contribution in [1.82, 2.24) is 20.4 Å². The average Bonchev–Trinajstić information content (AvgIpc) is 3.28. The first-order valence-corrected chi connectivity index (χ1v) is 10.6. The summed E-state index contributed by atoms with van der Waals surface area (Å²) in [5, 5.41) is 18.4. The highest BCUT2D eigenvalue weighted by molar-refractivity contribution is 6.01. The number of hydrogen-bond donors (Lipinski definition) is 3. The van der Waals surface area contributed by atoms with Crippen LogP contribution in [-0.4, -0.2) is 60.3 Å². The third-order valence-electron chi connectivity index (χ3n) is 4.62. The topological polar surface area (TPSA) is 112 Å². The third kappa shape index (κ3) is 8.41. The first kappa shape index (κ1) is 25.7. The van der Waals surface area contributed by atoms with E-state index in [1.165, 1.54) is 12.1 Å². The number of alkyl halides is 3. The maximum Gasteiger partial charge on any atom is 0.573 e. The van der Waals surface area contributed by atoms with Gasteiger partial charge >= 0.3 is 6.36 Å². The summed E-state index contributed by atoms with van der Waals surface area (Å²) in [4.78, 5) is 10.3. The molecule has 0 unspecified atom stereocenters. The highest BCUT2D eigenvalue weighted by atomic mass is 19.4. The van der Waals surface area contributed by atoms with Crippen molar-refractivity contribution < 1.29 is 22.4 Å². The fourth-order valence-electron chi connectivity index (χ4n) is 2.94. The number of aromatic nitrogens is 2. The first-order chi connectivity index (χ1) is 16.6. The van der Waals surface area contributed by atoms with Crippen LogP contribution in [0, 0.1) is 5.41 Å². The van der Waals surface area contributed by atoms with Crippen molar-refractivity contribution >= 4 is 17.4 Å². The summed E-state index contributed by atoms with van der Waals surface area (Å²) in [6, 6.07) is 13.0. The molecular formula is C23H26F3N7O2. The largest absolute Gasteiger partial charge is 0.573 e. The number of ether oxygens (including phenoxy) is 1. The molecule has 0 aliphatic carbocycles. The summed E-state index contributed by atoms with van der Waals surface area (Å²) < 4.78 is 45.8. The Hall–Kier alpha value is -3.93. The van der Waals surface area contributed by atoms with Gasteiger partial charge in [-0.05, 0) is 63.0 Å². The predicted octanol–water partition coefficient (Wildman–Crippen LogP) is 4.14. The molecule has 9 nitrogen and oxygen atoms in total. The predicted molar refractivity (Wildman–Crippen MR) is 127 cm³/mol. The molecular weight excluding hydrogens is 463 g/mol. The van der Waals surface area contributed by atoms with Crippen LogP contribution < -0.4 is 15.4 Å². The van der Waals surface area contributed by atoms with E-state index in [0.717, 1.165) is 36.5 Å². The second kappa shape index (κ2) is 11.5. The normalized spacial score (nSPS) is 12.0. The molecule has 0 aliphatic rings. The molecule has 12 heteroatoms. The maximum absolute atomic E-state index is 12.3. The lowest BCUT2D eigenvalue weighted by Crippen LogP contribution is -2.22. The monoisotopic (exact) mass is 489 g/mol. The van der Waals surface area contributed by atoms with Gasteiger partial charge in [-0.3, -0.25) is 5.41 Å². The molecule has 0 bridgehead atoms. The summed E-state index contributed by atoms with van der Waals surface area (Å²) >= 11 is 0. The lowest BCUT2D eigenvalue weighted by molar-refractivity contribution is -0.274. The minimum Gasteiger partial charge on any atom is -0.406 e. The van der Waals surface area contributed by atoms with E-state index in [0.29, 0.717) is 17.9 Å². The second-order valence-corrected chi connectivity index (χ2v) is 7.83. The van der Waals surface area contributed by atoms with Gasteiger partial charge in [0.15, 0.2) is 0 Å². The number of rotatable bonds is 9. The van der Waals surface area contributed by atoms with E-state index in [1.54, 1.807) is 6.92 Å². The Balaban J connectivity index is 1.56. The van der Waals surface area contributed by atoms with Crippen molar-refractivity contribution in [1.29, 1.82) is 5.41 Å². The lowest BCUT2D eigenvalue weighted by atomic mass is 10.2. The van der Waals surface area contributed by atoms with Crippen molar-refractivity contribution in [3.8, 4) is 17.1 Å². The zero-order valence-electron chi connectivity index (χ0n) is 19.5. The Morgan fingerprint density at radius 2 is 1.91 bits per heavy atom. The van der Waals surface area contributed by atoms with E-state index in [2.05, 4.69) is 35.4 Å². The van der Waals surface area contributed by atoms with E-state index >= 15 is 0 Å². The zero-order valence-corrected chi connectivity index (χ0v) is 19.5. The summed E-state index contributed by atoms with van der Waals surface area (Å²) in [6.07, 6.45) is -4.77. The minimum absolute atomic E-state index is 0.114. The summed E-state index contributed by atoms with van der Waals surface area (Å²) in [5.74, 6) is -0.135. The zero-order chi connectivity index (χ0) is 25.4. The third-order valence-corrected chi connectivity index (χ3v) is 4.62. The molecule has 3 rings (SSSR count). The number of nitrogens with zero attached hydrogens (tertiary/aromatic N) is 4. The van der Waals surface area contributed by atoms with Crippen LogP contribution in [0.2, 0.25) is 0 Å². The highest BCUT2D eigenvalue weighted by Gasteiger charge is 2.31. The van der Waals surface area contributed by atoms with Crippen LogP contribution in [-0.2, 0) is 6.54 Å². The van der Waals surface area contributed by atoms with Gasteiger partial charge in [0.2, 0.25) is 11.7 Å². The number of nitrogens with one attached hydrogen (secondary N) is 3. The Kier molecular flexibility index (Phi) is 8.42. The van der Waals surface area contributed by atoms with E-state index in [4.69, 9.17) is 9.93 Å². The maximum atomic E-state index is 12.3. The van der Waals surface area contributed by atoms with Crippen LogP contribution in [0.3, 0.4) is 0 Å². The van der Waals surface area contributed by atoms with Gasteiger partial charge in [0.1, 0.15) is 11.6 Å². The number of benzene rings is 2. The smallest absolute Gasteiger partial charge is 0.406 e. The van der Waals surface area contributed by atoms with Gasteiger partial charge in [0.05, 0.1) is 0 Å². The molecule has 0 atom stereocenters. The SMILES string of the molecule is C/C(=N/C(=N)c1nc(-c2ccc(OC(F)(F)F)cc2)no1)NCc1cccc(NCCN(C)C)c1. The van der Waals surface area contributed by atoms with Gasteiger partial charge in [0.25, 0.3) is 5.89 Å². The Morgan fingerprint density at radius 3 is 2.60 bits per heavy atom. The molecule has 2 aromatic carbocycles. The Morgan fingerprint density at radius 1 is 1.17 bits per heavy atom. The molecule has 0 amide bonds. The van der Waals surface area contributed by atoms with Crippen LogP contribution in [0.15, 0.2) is 58.0 Å². The van der Waals surface area contributed by atoms with Crippen LogP contribution in [0.5, 0.6) is 5.75 Å². The molecule has 0 aliphatic heterocycles. The minimum atomic E-state index is -4.77. The molecule has 3 N–H and O–H groups in total. The number of likely N-dealkylation sites (N-methyl/N-ethyl adjacent to an activating group) is 1. The van der Waals surface area contributed by atoms with Crippen LogP contribution >= 0.6 is 0 Å². The summed E-state index contributed by atoms with van der Waals surface area (Å²) in [7, 11) is 4.04. The van der Waals surface area contributed by atoms with Crippen molar-refractivity contribution in [2.45, 2.75) is 19.8 Å². The van der Waals surface area contributed by atoms with Gasteiger partial charge < -0.3 is 24.8 Å². The standard InChI is InChI=1S/C23H26F3N7O2/c1-15(29-14-16-5-4-6-18(13-16)28-11-12-33(2)3)30-20(27)22-31-21(32-35-22)17-7-9-19(10-8-17)34-23(24,25)26/h4-10,13,28H,11-12,14H2,1-3H3,(H2,27,29,30). The van der Waals surface area contributed by atoms with Crippen molar-refractivity contribution in [2.75, 3.05) is 32.5 Å². The molecule has 0 saturated carbocycles. The van der Waals surface area contributed by atoms with E-state index < -0.39 is 6.36 Å². The van der Waals surface area contributed by atoms with Gasteiger partial charge in [-0.15, -0.1) is 13.2 Å². The highest BCUT2D eigenvalue weighted by Crippen LogP contribution is 2.25. The van der Waals surface area contributed by atoms with Crippen LogP contribution in [0.1, 0.15) is 18.4 Å². The number of halogens is 3. The Labute approximate surface area is 200 Å². The molecule has 1 aromatic heterocycles. The first-order valence-electron chi connectivity index (χ1n) is 10.6. The fourth-order valence-corrected chi connectivity index (χ4v) is 2.94. The van der Waals surface area contributed by atoms with E-state index in [1.807, 2.05) is 38.4 Å². The van der Waals surface area contributed by atoms with Crippen LogP contribution in [0.4, 0.5) is 18.9 Å². The molecule has 0 spiro atoms. The molecule has 186 valence electrons. The summed E-state index contributed by atoms with van der Waals surface area (Å²) in [5.41, 5.74) is 2.46. The molecule has 35 heavy (non-hydrogen) atoms. The molecule has 3 aromatic rings. The van der Waals surface area contributed by atoms with Crippen molar-refractivity contribution in [2.24, 2.45) is 4.99 Å². The second-order valence-electron chi connectivity index (χ2n) is 7.83. The number of anilines is 1. The van der Waals surface area contributed by atoms with Gasteiger partial charge in [-0.1, -0.05) is 17.3 Å². The Bertz CT molecular complexity index is 1160. The van der Waals surface area contributed by atoms with E-state index in [9.17, 15) is 13.2 Å². The number of aliphatic imine (C=N–C) groups is 1. The number of amidine groups is 2. The number of hydrogen-bond acceptors (Lipinski definition) is 7. The van der Waals surface area contributed by atoms with Gasteiger partial charge in [0, 0.05) is 30.9 Å². The van der Waals surface area contributed by atoms with Crippen molar-refractivity contribution in [3.05, 3.63) is 60.0 Å². The van der Waals surface area contributed by atoms with E-state index in [-0.39, 0.29) is 23.3 Å². The average molecular weight is 490 g/mol. The molecule has 0 fully saturated rings. The quantitative estimate of drug-likeness (QED) is 0.306. The molecule has 0 saturated heterocycles. The molecule has 0 radical (unpaired) electrons. The van der Waals surface area contributed by atoms with Crippen LogP contribution in [0.25, 0.3) is 11.4 Å². The fraction of sp³-hybridized carbons (Fsp3) is 0.304.